The summed E-state index contributed by atoms with van der Waals surface area (Å²) in [5.74, 6) is 0.0542. The molecule has 0 aromatic carbocycles. The Bertz CT molecular complexity index is 1380. The van der Waals surface area contributed by atoms with Crippen molar-refractivity contribution in [3.05, 3.63) is 36.2 Å². The number of halogens is 1. The van der Waals surface area contributed by atoms with Crippen LogP contribution in [0.2, 0.25) is 0 Å². The predicted molar refractivity (Wildman–Crippen MR) is 134 cm³/mol. The highest BCUT2D eigenvalue weighted by molar-refractivity contribution is 7.91. The molecule has 3 atom stereocenters. The molecule has 2 aliphatic heterocycles. The Kier molecular flexibility index (Phi) is 7.86. The Morgan fingerprint density at radius 2 is 1.77 bits per heavy atom. The second-order valence-corrected chi connectivity index (χ2v) is 11.5. The van der Waals surface area contributed by atoms with E-state index in [0.29, 0.717) is 25.4 Å². The van der Waals surface area contributed by atoms with Gasteiger partial charge in [0.2, 0.25) is 17.7 Å². The lowest BCUT2D eigenvalue weighted by molar-refractivity contribution is 0.0897. The van der Waals surface area contributed by atoms with Gasteiger partial charge in [0.15, 0.2) is 33.0 Å². The lowest BCUT2D eigenvalue weighted by Gasteiger charge is -2.36. The van der Waals surface area contributed by atoms with Crippen LogP contribution >= 0.6 is 0 Å². The number of ether oxygens (including phenoxy) is 4. The zero-order chi connectivity index (χ0) is 27.6. The minimum Gasteiger partial charge on any atom is -0.479 e. The Morgan fingerprint density at radius 1 is 1.05 bits per heavy atom. The van der Waals surface area contributed by atoms with Gasteiger partial charge in [-0.3, -0.25) is 4.57 Å². The fourth-order valence-corrected chi connectivity index (χ4v) is 6.56. The third-order valence-electron chi connectivity index (χ3n) is 6.77. The maximum Gasteiger partial charge on any atom is 0.245 e. The van der Waals surface area contributed by atoms with Crippen LogP contribution in [0.5, 0.6) is 11.8 Å². The van der Waals surface area contributed by atoms with Crippen LogP contribution in [0.3, 0.4) is 0 Å². The standard InChI is InChI=1S/C23H29FN8O6S/c1-35-15-7-16(11-31(10-15)23-25-8-14(24)9-26-23)39(33,34)12-18-29-30-20(17-5-4-6-38-17)32(18)19-21(36-2)27-13-28-22(19)37-3/h8-9,13,15-17H,4-7,10-12H2,1-3H3/t15-,16-,17-/m1/s1. The highest BCUT2D eigenvalue weighted by Gasteiger charge is 2.39. The molecule has 0 aliphatic carbocycles. The summed E-state index contributed by atoms with van der Waals surface area (Å²) in [5.41, 5.74) is 0.281. The molecule has 3 aromatic heterocycles. The quantitative estimate of drug-likeness (QED) is 0.364. The normalized spacial score (nSPS) is 21.7. The molecule has 0 amide bonds. The molecule has 2 fully saturated rings. The minimum absolute atomic E-state index is 0.0989. The van der Waals surface area contributed by atoms with Gasteiger partial charge in [-0.1, -0.05) is 0 Å². The van der Waals surface area contributed by atoms with Gasteiger partial charge in [0, 0.05) is 26.8 Å². The highest BCUT2D eigenvalue weighted by atomic mass is 32.2. The lowest BCUT2D eigenvalue weighted by atomic mass is 10.1. The van der Waals surface area contributed by atoms with Crippen molar-refractivity contribution in [1.29, 1.82) is 0 Å². The highest BCUT2D eigenvalue weighted by Crippen LogP contribution is 2.36. The smallest absolute Gasteiger partial charge is 0.245 e. The van der Waals surface area contributed by atoms with Crippen LogP contribution in [-0.2, 0) is 25.1 Å². The molecule has 5 rings (SSSR count). The molecule has 210 valence electrons. The largest absolute Gasteiger partial charge is 0.479 e. The molecule has 0 N–H and O–H groups in total. The van der Waals surface area contributed by atoms with Gasteiger partial charge < -0.3 is 23.8 Å². The molecular weight excluding hydrogens is 535 g/mol. The van der Waals surface area contributed by atoms with E-state index in [4.69, 9.17) is 18.9 Å². The van der Waals surface area contributed by atoms with Gasteiger partial charge >= 0.3 is 0 Å². The number of sulfone groups is 1. The van der Waals surface area contributed by atoms with Crippen molar-refractivity contribution in [2.24, 2.45) is 0 Å². The van der Waals surface area contributed by atoms with Gasteiger partial charge in [-0.05, 0) is 19.3 Å². The van der Waals surface area contributed by atoms with Crippen LogP contribution in [0.25, 0.3) is 5.69 Å². The minimum atomic E-state index is -3.85. The maximum absolute atomic E-state index is 13.9. The zero-order valence-corrected chi connectivity index (χ0v) is 22.5. The van der Waals surface area contributed by atoms with E-state index in [0.717, 1.165) is 18.8 Å². The number of anilines is 1. The number of hydrogen-bond acceptors (Lipinski definition) is 13. The first-order valence-electron chi connectivity index (χ1n) is 12.3. The van der Waals surface area contributed by atoms with E-state index in [1.807, 2.05) is 0 Å². The summed E-state index contributed by atoms with van der Waals surface area (Å²) in [4.78, 5) is 18.1. The molecule has 0 unspecified atom stereocenters. The molecule has 0 saturated carbocycles. The van der Waals surface area contributed by atoms with Gasteiger partial charge in [0.05, 0.1) is 38.0 Å². The molecule has 0 spiro atoms. The number of aromatic nitrogens is 7. The van der Waals surface area contributed by atoms with Gasteiger partial charge in [-0.15, -0.1) is 10.2 Å². The Balaban J connectivity index is 1.52. The Hall–Kier alpha value is -3.50. The van der Waals surface area contributed by atoms with E-state index in [-0.39, 0.29) is 42.2 Å². The number of rotatable bonds is 9. The SMILES string of the molecule is COc1ncnc(OC)c1-n1c(CS(=O)(=O)[C@@H]2C[C@@H](OC)CN(c3ncc(F)cn3)C2)nnc1[C@H]1CCCO1. The van der Waals surface area contributed by atoms with Gasteiger partial charge in [-0.2, -0.15) is 9.97 Å². The van der Waals surface area contributed by atoms with Crippen molar-refractivity contribution in [3.8, 4) is 17.4 Å². The van der Waals surface area contributed by atoms with Crippen LogP contribution in [0.1, 0.15) is 37.0 Å². The topological polar surface area (TPSA) is 157 Å². The molecule has 0 radical (unpaired) electrons. The van der Waals surface area contributed by atoms with E-state index >= 15 is 0 Å². The predicted octanol–water partition coefficient (Wildman–Crippen LogP) is 1.06. The summed E-state index contributed by atoms with van der Waals surface area (Å²) in [6.07, 6.45) is 4.33. The molecule has 0 bridgehead atoms. The monoisotopic (exact) mass is 564 g/mol. The molecular formula is C23H29FN8O6S. The maximum atomic E-state index is 13.9. The van der Waals surface area contributed by atoms with E-state index in [1.54, 1.807) is 9.47 Å². The molecule has 39 heavy (non-hydrogen) atoms. The fourth-order valence-electron chi connectivity index (χ4n) is 4.86. The van der Waals surface area contributed by atoms with Crippen molar-refractivity contribution in [2.45, 2.75) is 42.5 Å². The second kappa shape index (κ2) is 11.3. The van der Waals surface area contributed by atoms with Crippen LogP contribution in [0.15, 0.2) is 18.7 Å². The third-order valence-corrected chi connectivity index (χ3v) is 8.79. The van der Waals surface area contributed by atoms with E-state index < -0.39 is 38.9 Å². The van der Waals surface area contributed by atoms with Crippen LogP contribution < -0.4 is 14.4 Å². The fraction of sp³-hybridized carbons (Fsp3) is 0.565. The molecule has 2 aliphatic rings. The lowest BCUT2D eigenvalue weighted by Crippen LogP contribution is -2.50. The molecule has 5 heterocycles. The summed E-state index contributed by atoms with van der Waals surface area (Å²) in [7, 11) is 0.552. The summed E-state index contributed by atoms with van der Waals surface area (Å²) < 4.78 is 65.0. The number of methoxy groups -OCH3 is 3. The van der Waals surface area contributed by atoms with Crippen LogP contribution in [0.4, 0.5) is 10.3 Å². The van der Waals surface area contributed by atoms with Crippen molar-refractivity contribution in [1.82, 2.24) is 34.7 Å². The zero-order valence-electron chi connectivity index (χ0n) is 21.7. The average molecular weight is 565 g/mol. The third kappa shape index (κ3) is 5.49. The van der Waals surface area contributed by atoms with Gasteiger partial charge in [0.25, 0.3) is 0 Å². The van der Waals surface area contributed by atoms with E-state index in [2.05, 4.69) is 30.1 Å². The molecule has 14 nitrogen and oxygen atoms in total. The molecule has 16 heteroatoms. The summed E-state index contributed by atoms with van der Waals surface area (Å²) >= 11 is 0. The van der Waals surface area contributed by atoms with Crippen molar-refractivity contribution in [3.63, 3.8) is 0 Å². The number of piperidine rings is 1. The van der Waals surface area contributed by atoms with Crippen molar-refractivity contribution < 1.29 is 31.8 Å². The Morgan fingerprint density at radius 3 is 2.38 bits per heavy atom. The molecule has 3 aromatic rings. The van der Waals surface area contributed by atoms with E-state index in [9.17, 15) is 12.8 Å². The summed E-state index contributed by atoms with van der Waals surface area (Å²) in [6.45, 7) is 1.01. The first kappa shape index (κ1) is 27.1. The number of hydrogen-bond donors (Lipinski definition) is 0. The summed E-state index contributed by atoms with van der Waals surface area (Å²) in [6, 6.07) is 0. The van der Waals surface area contributed by atoms with Crippen LogP contribution in [-0.4, -0.2) is 95.5 Å². The first-order valence-corrected chi connectivity index (χ1v) is 14.0. The molecule has 2 saturated heterocycles. The second-order valence-electron chi connectivity index (χ2n) is 9.18. The van der Waals surface area contributed by atoms with Crippen LogP contribution in [0, 0.1) is 5.82 Å². The summed E-state index contributed by atoms with van der Waals surface area (Å²) in [5, 5.41) is 7.74. The van der Waals surface area contributed by atoms with Crippen molar-refractivity contribution in [2.75, 3.05) is 45.9 Å². The average Bonchev–Trinajstić information content (AvgIpc) is 3.62. The Labute approximate surface area is 224 Å². The van der Waals surface area contributed by atoms with Gasteiger partial charge in [-0.25, -0.2) is 22.8 Å². The van der Waals surface area contributed by atoms with Crippen molar-refractivity contribution >= 4 is 15.8 Å². The number of nitrogens with zero attached hydrogens (tertiary/aromatic N) is 8. The first-order chi connectivity index (χ1) is 18.8. The van der Waals surface area contributed by atoms with E-state index in [1.165, 1.54) is 27.7 Å². The van der Waals surface area contributed by atoms with Gasteiger partial charge in [0.1, 0.15) is 18.2 Å².